The summed E-state index contributed by atoms with van der Waals surface area (Å²) >= 11 is 0. The summed E-state index contributed by atoms with van der Waals surface area (Å²) in [5.41, 5.74) is 4.06. The number of hydrogen-bond acceptors (Lipinski definition) is 6. The highest BCUT2D eigenvalue weighted by Crippen LogP contribution is 2.23. The van der Waals surface area contributed by atoms with Crippen molar-refractivity contribution in [1.82, 2.24) is 10.1 Å². The number of hydrogen-bond donors (Lipinski definition) is 2. The monoisotopic (exact) mass is 301 g/mol. The van der Waals surface area contributed by atoms with Gasteiger partial charge in [0.1, 0.15) is 13.2 Å². The molecule has 0 aliphatic heterocycles. The number of nitrogens with two attached hydrogens (primary N) is 1. The summed E-state index contributed by atoms with van der Waals surface area (Å²) in [5.74, 6) is -4.27. The molecule has 1 unspecified atom stereocenters. The van der Waals surface area contributed by atoms with Crippen LogP contribution in [0, 0.1) is 0 Å². The van der Waals surface area contributed by atoms with Crippen LogP contribution >= 0.6 is 0 Å². The Morgan fingerprint density at radius 1 is 1.45 bits per heavy atom. The van der Waals surface area contributed by atoms with Crippen LogP contribution in [0.2, 0.25) is 0 Å². The normalized spacial score (nSPS) is 15.6. The fourth-order valence-electron chi connectivity index (χ4n) is 1.16. The first kappa shape index (κ1) is 16.8. The Hall–Kier alpha value is -1.26. The SMILES string of the molecule is CC(O)(CN)Cc1nc(COCC(F)(F)C(F)F)no1. The summed E-state index contributed by atoms with van der Waals surface area (Å²) in [4.78, 5) is 3.76. The van der Waals surface area contributed by atoms with Crippen LogP contribution < -0.4 is 5.73 Å². The van der Waals surface area contributed by atoms with Gasteiger partial charge in [0.05, 0.1) is 12.0 Å². The predicted octanol–water partition coefficient (Wildman–Crippen LogP) is 0.739. The van der Waals surface area contributed by atoms with Crippen molar-refractivity contribution in [2.75, 3.05) is 13.2 Å². The molecule has 0 saturated carbocycles. The second-order valence-corrected chi connectivity index (χ2v) is 4.54. The van der Waals surface area contributed by atoms with Crippen LogP contribution in [0.25, 0.3) is 0 Å². The maximum Gasteiger partial charge on any atom is 0.330 e. The maximum absolute atomic E-state index is 12.5. The lowest BCUT2D eigenvalue weighted by molar-refractivity contribution is -0.168. The van der Waals surface area contributed by atoms with Crippen LogP contribution in [0.15, 0.2) is 4.52 Å². The fourth-order valence-corrected chi connectivity index (χ4v) is 1.16. The smallest absolute Gasteiger partial charge is 0.330 e. The summed E-state index contributed by atoms with van der Waals surface area (Å²) in [5, 5.41) is 13.1. The summed E-state index contributed by atoms with van der Waals surface area (Å²) in [6.07, 6.45) is -3.83. The largest absolute Gasteiger partial charge is 0.388 e. The van der Waals surface area contributed by atoms with Crippen molar-refractivity contribution < 1.29 is 31.9 Å². The highest BCUT2D eigenvalue weighted by Gasteiger charge is 2.41. The Kier molecular flexibility index (Phi) is 5.42. The molecule has 0 aliphatic carbocycles. The van der Waals surface area contributed by atoms with Gasteiger partial charge >= 0.3 is 12.3 Å². The van der Waals surface area contributed by atoms with Crippen molar-refractivity contribution in [3.05, 3.63) is 11.7 Å². The van der Waals surface area contributed by atoms with Crippen molar-refractivity contribution in [3.63, 3.8) is 0 Å². The summed E-state index contributed by atoms with van der Waals surface area (Å²) in [7, 11) is 0. The molecule has 10 heteroatoms. The van der Waals surface area contributed by atoms with Gasteiger partial charge in [0.25, 0.3) is 0 Å². The summed E-state index contributed by atoms with van der Waals surface area (Å²) in [6, 6.07) is 0. The average molecular weight is 301 g/mol. The molecule has 0 radical (unpaired) electrons. The molecule has 3 N–H and O–H groups in total. The van der Waals surface area contributed by atoms with Crippen molar-refractivity contribution in [2.24, 2.45) is 5.73 Å². The number of alkyl halides is 4. The Morgan fingerprint density at radius 2 is 2.10 bits per heavy atom. The lowest BCUT2D eigenvalue weighted by atomic mass is 10.0. The molecule has 20 heavy (non-hydrogen) atoms. The summed E-state index contributed by atoms with van der Waals surface area (Å²) in [6.45, 7) is -0.538. The van der Waals surface area contributed by atoms with Crippen LogP contribution in [0.4, 0.5) is 17.6 Å². The molecule has 0 aliphatic rings. The third-order valence-electron chi connectivity index (χ3n) is 2.33. The lowest BCUT2D eigenvalue weighted by Gasteiger charge is -2.17. The molecule has 1 aromatic heterocycles. The zero-order valence-electron chi connectivity index (χ0n) is 10.7. The standard InChI is InChI=1S/C10H15F4N3O3/c1-9(18,4-15)2-7-16-6(17-20-7)3-19-5-10(13,14)8(11)12/h8,18H,2-5,15H2,1H3. The molecular weight excluding hydrogens is 286 g/mol. The van der Waals surface area contributed by atoms with Crippen molar-refractivity contribution >= 4 is 0 Å². The third kappa shape index (κ3) is 5.02. The molecule has 1 heterocycles. The van der Waals surface area contributed by atoms with E-state index < -0.39 is 31.2 Å². The first-order chi connectivity index (χ1) is 9.16. The van der Waals surface area contributed by atoms with Crippen molar-refractivity contribution in [1.29, 1.82) is 0 Å². The van der Waals surface area contributed by atoms with Gasteiger partial charge in [-0.05, 0) is 6.92 Å². The molecule has 116 valence electrons. The minimum atomic E-state index is -4.23. The van der Waals surface area contributed by atoms with Gasteiger partial charge in [-0.15, -0.1) is 0 Å². The van der Waals surface area contributed by atoms with E-state index in [4.69, 9.17) is 10.3 Å². The maximum atomic E-state index is 12.5. The van der Waals surface area contributed by atoms with E-state index >= 15 is 0 Å². The average Bonchev–Trinajstić information content (AvgIpc) is 2.75. The van der Waals surface area contributed by atoms with Crippen LogP contribution in [0.5, 0.6) is 0 Å². The second kappa shape index (κ2) is 6.46. The quantitative estimate of drug-likeness (QED) is 0.688. The molecule has 0 bridgehead atoms. The van der Waals surface area contributed by atoms with Crippen molar-refractivity contribution in [3.8, 4) is 0 Å². The van der Waals surface area contributed by atoms with E-state index in [0.29, 0.717) is 0 Å². The van der Waals surface area contributed by atoms with E-state index in [1.165, 1.54) is 6.92 Å². The van der Waals surface area contributed by atoms with E-state index in [1.54, 1.807) is 0 Å². The van der Waals surface area contributed by atoms with Crippen molar-refractivity contribution in [2.45, 2.75) is 37.9 Å². The first-order valence-electron chi connectivity index (χ1n) is 5.64. The Labute approximate surface area is 111 Å². The number of ether oxygens (including phenoxy) is 1. The molecule has 0 fully saturated rings. The molecule has 0 saturated heterocycles. The zero-order chi connectivity index (χ0) is 15.4. The van der Waals surface area contributed by atoms with Gasteiger partial charge in [-0.1, -0.05) is 5.16 Å². The van der Waals surface area contributed by atoms with E-state index in [9.17, 15) is 22.7 Å². The van der Waals surface area contributed by atoms with Gasteiger partial charge in [-0.2, -0.15) is 13.8 Å². The topological polar surface area (TPSA) is 94.4 Å². The molecule has 0 aromatic carbocycles. The predicted molar refractivity (Wildman–Crippen MR) is 58.3 cm³/mol. The summed E-state index contributed by atoms with van der Waals surface area (Å²) < 4.78 is 57.9. The minimum Gasteiger partial charge on any atom is -0.388 e. The van der Waals surface area contributed by atoms with Gasteiger partial charge < -0.3 is 20.1 Å². The molecule has 0 amide bonds. The number of nitrogens with zero attached hydrogens (tertiary/aromatic N) is 2. The van der Waals surface area contributed by atoms with E-state index in [2.05, 4.69) is 14.9 Å². The molecule has 1 aromatic rings. The van der Waals surface area contributed by atoms with Crippen LogP contribution in [0.3, 0.4) is 0 Å². The first-order valence-corrected chi connectivity index (χ1v) is 5.64. The second-order valence-electron chi connectivity index (χ2n) is 4.54. The Balaban J connectivity index is 2.45. The molecule has 6 nitrogen and oxygen atoms in total. The van der Waals surface area contributed by atoms with Crippen LogP contribution in [-0.4, -0.2) is 46.3 Å². The lowest BCUT2D eigenvalue weighted by Crippen LogP contribution is -2.36. The van der Waals surface area contributed by atoms with Gasteiger partial charge in [-0.25, -0.2) is 8.78 Å². The molecule has 1 rings (SSSR count). The number of rotatable bonds is 8. The van der Waals surface area contributed by atoms with Crippen LogP contribution in [0.1, 0.15) is 18.6 Å². The van der Waals surface area contributed by atoms with Gasteiger partial charge in [0.2, 0.25) is 5.89 Å². The molecule has 0 spiro atoms. The minimum absolute atomic E-state index is 0.0241. The highest BCUT2D eigenvalue weighted by atomic mass is 19.3. The Morgan fingerprint density at radius 3 is 2.65 bits per heavy atom. The number of aliphatic hydroxyl groups is 1. The Bertz CT molecular complexity index is 426. The fraction of sp³-hybridized carbons (Fsp3) is 0.800. The van der Waals surface area contributed by atoms with Gasteiger partial charge in [0, 0.05) is 6.54 Å². The highest BCUT2D eigenvalue weighted by molar-refractivity contribution is 4.91. The van der Waals surface area contributed by atoms with Gasteiger partial charge in [-0.3, -0.25) is 0 Å². The number of halogens is 4. The molecular formula is C10H15F4N3O3. The van der Waals surface area contributed by atoms with E-state index in [0.717, 1.165) is 0 Å². The third-order valence-corrected chi connectivity index (χ3v) is 2.33. The molecule has 1 atom stereocenters. The van der Waals surface area contributed by atoms with E-state index in [1.807, 2.05) is 0 Å². The number of aromatic nitrogens is 2. The zero-order valence-corrected chi connectivity index (χ0v) is 10.7. The van der Waals surface area contributed by atoms with Gasteiger partial charge in [0.15, 0.2) is 5.82 Å². The van der Waals surface area contributed by atoms with Crippen LogP contribution in [-0.2, 0) is 17.8 Å². The van der Waals surface area contributed by atoms with E-state index in [-0.39, 0.29) is 24.7 Å².